The van der Waals surface area contributed by atoms with Crippen LogP contribution >= 0.6 is 0 Å². The molecule has 0 radical (unpaired) electrons. The number of benzene rings is 2. The first-order valence-corrected chi connectivity index (χ1v) is 7.19. The minimum Gasteiger partial charge on any atom is -0.322 e. The van der Waals surface area contributed by atoms with E-state index >= 15 is 0 Å². The first-order valence-electron chi connectivity index (χ1n) is 7.19. The number of amides is 1. The third-order valence-electron chi connectivity index (χ3n) is 3.59. The SMILES string of the molecule is CCc1cccc(NC(=O)c2cc3ccccc3[nH]c2=O)c1. The Kier molecular flexibility index (Phi) is 3.74. The molecule has 22 heavy (non-hydrogen) atoms. The van der Waals surface area contributed by atoms with E-state index in [0.717, 1.165) is 22.9 Å². The molecule has 0 spiro atoms. The lowest BCUT2D eigenvalue weighted by Gasteiger charge is -2.07. The summed E-state index contributed by atoms with van der Waals surface area (Å²) in [5.74, 6) is -0.403. The molecule has 2 N–H and O–H groups in total. The van der Waals surface area contributed by atoms with Crippen molar-refractivity contribution >= 4 is 22.5 Å². The van der Waals surface area contributed by atoms with Crippen molar-refractivity contribution in [3.05, 3.63) is 76.1 Å². The number of carbonyl (C=O) groups excluding carboxylic acids is 1. The zero-order valence-corrected chi connectivity index (χ0v) is 12.2. The number of hydrogen-bond donors (Lipinski definition) is 2. The van der Waals surface area contributed by atoms with Gasteiger partial charge in [-0.05, 0) is 41.6 Å². The zero-order chi connectivity index (χ0) is 15.5. The van der Waals surface area contributed by atoms with Crippen molar-refractivity contribution in [1.82, 2.24) is 4.98 Å². The zero-order valence-electron chi connectivity index (χ0n) is 12.2. The molecule has 1 aromatic heterocycles. The van der Waals surface area contributed by atoms with Crippen LogP contribution in [0.3, 0.4) is 0 Å². The maximum atomic E-state index is 12.3. The van der Waals surface area contributed by atoms with Gasteiger partial charge < -0.3 is 10.3 Å². The van der Waals surface area contributed by atoms with Gasteiger partial charge in [0, 0.05) is 11.2 Å². The van der Waals surface area contributed by atoms with Crippen LogP contribution in [0.2, 0.25) is 0 Å². The number of nitrogens with one attached hydrogen (secondary N) is 2. The molecule has 110 valence electrons. The van der Waals surface area contributed by atoms with Crippen LogP contribution in [0.1, 0.15) is 22.8 Å². The number of carbonyl (C=O) groups is 1. The maximum Gasteiger partial charge on any atom is 0.261 e. The van der Waals surface area contributed by atoms with Gasteiger partial charge in [0.2, 0.25) is 0 Å². The number of aromatic amines is 1. The predicted molar refractivity (Wildman–Crippen MR) is 88.3 cm³/mol. The number of hydrogen-bond acceptors (Lipinski definition) is 2. The standard InChI is InChI=1S/C18H16N2O2/c1-2-12-6-5-8-14(10-12)19-17(21)15-11-13-7-3-4-9-16(13)20-18(15)22/h3-11H,2H2,1H3,(H,19,21)(H,20,22). The highest BCUT2D eigenvalue weighted by atomic mass is 16.2. The highest BCUT2D eigenvalue weighted by molar-refractivity contribution is 6.05. The number of pyridine rings is 1. The fourth-order valence-electron chi connectivity index (χ4n) is 2.38. The molecular formula is C18H16N2O2. The molecule has 2 aromatic carbocycles. The van der Waals surface area contributed by atoms with Crippen LogP contribution in [0.5, 0.6) is 0 Å². The summed E-state index contributed by atoms with van der Waals surface area (Å²) in [6.45, 7) is 2.05. The molecule has 3 rings (SSSR count). The number of rotatable bonds is 3. The Labute approximate surface area is 127 Å². The van der Waals surface area contributed by atoms with Gasteiger partial charge in [0.1, 0.15) is 5.56 Å². The summed E-state index contributed by atoms with van der Waals surface area (Å²) < 4.78 is 0. The van der Waals surface area contributed by atoms with Crippen LogP contribution in [-0.2, 0) is 6.42 Å². The summed E-state index contributed by atoms with van der Waals surface area (Å²) in [6, 6.07) is 16.6. The predicted octanol–water partition coefficient (Wildman–Crippen LogP) is 3.34. The van der Waals surface area contributed by atoms with E-state index in [2.05, 4.69) is 17.2 Å². The number of H-pyrrole nitrogens is 1. The van der Waals surface area contributed by atoms with Crippen LogP contribution in [0.15, 0.2) is 59.4 Å². The third-order valence-corrected chi connectivity index (χ3v) is 3.59. The molecule has 0 saturated heterocycles. The fraction of sp³-hybridized carbons (Fsp3) is 0.111. The molecule has 0 aliphatic carbocycles. The quantitative estimate of drug-likeness (QED) is 0.777. The van der Waals surface area contributed by atoms with Crippen molar-refractivity contribution in [2.24, 2.45) is 0 Å². The van der Waals surface area contributed by atoms with Crippen molar-refractivity contribution < 1.29 is 4.79 Å². The van der Waals surface area contributed by atoms with E-state index in [-0.39, 0.29) is 11.1 Å². The Hall–Kier alpha value is -2.88. The average Bonchev–Trinajstić information content (AvgIpc) is 2.54. The highest BCUT2D eigenvalue weighted by Crippen LogP contribution is 2.14. The molecular weight excluding hydrogens is 276 g/mol. The normalized spacial score (nSPS) is 10.6. The Morgan fingerprint density at radius 2 is 1.91 bits per heavy atom. The van der Waals surface area contributed by atoms with Gasteiger partial charge in [-0.2, -0.15) is 0 Å². The molecule has 0 bridgehead atoms. The molecule has 3 aromatic rings. The monoisotopic (exact) mass is 292 g/mol. The summed E-state index contributed by atoms with van der Waals surface area (Å²) in [7, 11) is 0. The van der Waals surface area contributed by atoms with E-state index < -0.39 is 5.91 Å². The number of anilines is 1. The number of aromatic nitrogens is 1. The molecule has 4 nitrogen and oxygen atoms in total. The summed E-state index contributed by atoms with van der Waals surface area (Å²) in [5, 5.41) is 3.61. The lowest BCUT2D eigenvalue weighted by Crippen LogP contribution is -2.23. The van der Waals surface area contributed by atoms with E-state index in [4.69, 9.17) is 0 Å². The molecule has 0 atom stereocenters. The van der Waals surface area contributed by atoms with Gasteiger partial charge in [-0.15, -0.1) is 0 Å². The van der Waals surface area contributed by atoms with Gasteiger partial charge in [0.15, 0.2) is 0 Å². The summed E-state index contributed by atoms with van der Waals surface area (Å²) in [4.78, 5) is 27.1. The smallest absolute Gasteiger partial charge is 0.261 e. The van der Waals surface area contributed by atoms with Gasteiger partial charge in [-0.3, -0.25) is 9.59 Å². The van der Waals surface area contributed by atoms with Crippen molar-refractivity contribution in [2.75, 3.05) is 5.32 Å². The Bertz CT molecular complexity index is 897. The molecule has 1 heterocycles. The highest BCUT2D eigenvalue weighted by Gasteiger charge is 2.12. The Balaban J connectivity index is 1.94. The minimum atomic E-state index is -0.403. The van der Waals surface area contributed by atoms with Gasteiger partial charge in [-0.25, -0.2) is 0 Å². The van der Waals surface area contributed by atoms with E-state index in [1.54, 1.807) is 6.07 Å². The van der Waals surface area contributed by atoms with Gasteiger partial charge >= 0.3 is 0 Å². The molecule has 0 aliphatic rings. The van der Waals surface area contributed by atoms with Crippen LogP contribution in [0.4, 0.5) is 5.69 Å². The lowest BCUT2D eigenvalue weighted by molar-refractivity contribution is 0.102. The van der Waals surface area contributed by atoms with E-state index in [0.29, 0.717) is 5.69 Å². The van der Waals surface area contributed by atoms with Gasteiger partial charge in [0.05, 0.1) is 0 Å². The van der Waals surface area contributed by atoms with E-state index in [1.807, 2.05) is 48.5 Å². The fourth-order valence-corrected chi connectivity index (χ4v) is 2.38. The molecule has 0 aliphatic heterocycles. The average molecular weight is 292 g/mol. The lowest BCUT2D eigenvalue weighted by atomic mass is 10.1. The number of para-hydroxylation sites is 1. The third kappa shape index (κ3) is 2.76. The Morgan fingerprint density at radius 3 is 2.73 bits per heavy atom. The van der Waals surface area contributed by atoms with Crippen LogP contribution < -0.4 is 10.9 Å². The minimum absolute atomic E-state index is 0.112. The summed E-state index contributed by atoms with van der Waals surface area (Å²) >= 11 is 0. The Morgan fingerprint density at radius 1 is 1.09 bits per heavy atom. The van der Waals surface area contributed by atoms with Crippen LogP contribution in [0, 0.1) is 0 Å². The first kappa shape index (κ1) is 14.1. The van der Waals surface area contributed by atoms with Crippen molar-refractivity contribution in [3.63, 3.8) is 0 Å². The van der Waals surface area contributed by atoms with Crippen molar-refractivity contribution in [3.8, 4) is 0 Å². The molecule has 0 saturated carbocycles. The second-order valence-corrected chi connectivity index (χ2v) is 5.11. The van der Waals surface area contributed by atoms with E-state index in [9.17, 15) is 9.59 Å². The van der Waals surface area contributed by atoms with Crippen molar-refractivity contribution in [2.45, 2.75) is 13.3 Å². The maximum absolute atomic E-state index is 12.3. The van der Waals surface area contributed by atoms with Gasteiger partial charge in [0.25, 0.3) is 11.5 Å². The van der Waals surface area contributed by atoms with Crippen LogP contribution in [0.25, 0.3) is 10.9 Å². The molecule has 0 fully saturated rings. The second kappa shape index (κ2) is 5.85. The molecule has 0 unspecified atom stereocenters. The summed E-state index contributed by atoms with van der Waals surface area (Å²) in [5.41, 5.74) is 2.27. The van der Waals surface area contributed by atoms with Gasteiger partial charge in [-0.1, -0.05) is 37.3 Å². The van der Waals surface area contributed by atoms with Crippen molar-refractivity contribution in [1.29, 1.82) is 0 Å². The molecule has 4 heteroatoms. The first-order chi connectivity index (χ1) is 10.7. The largest absolute Gasteiger partial charge is 0.322 e. The summed E-state index contributed by atoms with van der Waals surface area (Å²) in [6.07, 6.45) is 0.889. The number of fused-ring (bicyclic) bond motifs is 1. The van der Waals surface area contributed by atoms with E-state index in [1.165, 1.54) is 0 Å². The number of aryl methyl sites for hydroxylation is 1. The van der Waals surface area contributed by atoms with Crippen LogP contribution in [-0.4, -0.2) is 10.9 Å². The molecule has 1 amide bonds. The topological polar surface area (TPSA) is 62.0 Å². The second-order valence-electron chi connectivity index (χ2n) is 5.11.